The first kappa shape index (κ1) is 52.4. The molecule has 3 nitrogen and oxygen atoms in total. The maximum Gasteiger partial charge on any atom is 0.252 e. The van der Waals surface area contributed by atoms with Gasteiger partial charge in [0.05, 0.1) is 16.9 Å². The van der Waals surface area contributed by atoms with Crippen molar-refractivity contribution < 1.29 is 0 Å². The van der Waals surface area contributed by atoms with Gasteiger partial charge in [-0.1, -0.05) is 186 Å². The van der Waals surface area contributed by atoms with Gasteiger partial charge in [-0.05, 0) is 177 Å². The average molecular weight is 1130 g/mol. The van der Waals surface area contributed by atoms with E-state index in [1.54, 1.807) is 0 Å². The summed E-state index contributed by atoms with van der Waals surface area (Å²) in [4.78, 5) is 8.42. The molecule has 0 radical (unpaired) electrons. The molecule has 84 heavy (non-hydrogen) atoms. The first-order valence-corrected chi connectivity index (χ1v) is 32.7. The molecular formula is C78H76BN3S2. The third-order valence-electron chi connectivity index (χ3n) is 21.6. The van der Waals surface area contributed by atoms with Crippen molar-refractivity contribution in [3.63, 3.8) is 0 Å². The van der Waals surface area contributed by atoms with E-state index in [4.69, 9.17) is 0 Å². The van der Waals surface area contributed by atoms with Gasteiger partial charge in [0.2, 0.25) is 0 Å². The maximum absolute atomic E-state index is 2.87. The van der Waals surface area contributed by atoms with Crippen LogP contribution in [0.4, 0.5) is 45.5 Å². The van der Waals surface area contributed by atoms with Gasteiger partial charge in [-0.3, -0.25) is 0 Å². The van der Waals surface area contributed by atoms with E-state index in [1.807, 2.05) is 22.7 Å². The Hall–Kier alpha value is -7.12. The molecule has 16 rings (SSSR count). The maximum atomic E-state index is 2.87. The molecular weight excluding hydrogens is 1050 g/mol. The molecule has 2 atom stereocenters. The molecule has 0 spiro atoms. The van der Waals surface area contributed by atoms with Crippen LogP contribution in [0, 0.1) is 0 Å². The Bertz CT molecular complexity index is 4600. The Morgan fingerprint density at radius 3 is 1.70 bits per heavy atom. The molecule has 5 aliphatic rings. The van der Waals surface area contributed by atoms with Crippen molar-refractivity contribution in [3.05, 3.63) is 198 Å². The third-order valence-corrected chi connectivity index (χ3v) is 23.8. The van der Waals surface area contributed by atoms with Crippen LogP contribution in [-0.2, 0) is 27.1 Å². The van der Waals surface area contributed by atoms with E-state index >= 15 is 0 Å². The van der Waals surface area contributed by atoms with Crippen molar-refractivity contribution >= 4 is 132 Å². The fraction of sp³-hybridized carbons (Fsp3) is 0.308. The fourth-order valence-corrected chi connectivity index (χ4v) is 18.8. The molecule has 2 aliphatic carbocycles. The summed E-state index contributed by atoms with van der Waals surface area (Å²) >= 11 is 3.87. The molecule has 0 saturated heterocycles. The Labute approximate surface area is 506 Å². The topological polar surface area (TPSA) is 9.72 Å². The van der Waals surface area contributed by atoms with Gasteiger partial charge in [-0.15, -0.1) is 22.7 Å². The fourth-order valence-electron chi connectivity index (χ4n) is 16.5. The third kappa shape index (κ3) is 7.35. The van der Waals surface area contributed by atoms with Gasteiger partial charge in [-0.25, -0.2) is 0 Å². The quantitative estimate of drug-likeness (QED) is 0.163. The molecule has 6 heteroatoms. The van der Waals surface area contributed by atoms with Crippen LogP contribution in [-0.4, -0.2) is 12.3 Å². The highest BCUT2D eigenvalue weighted by molar-refractivity contribution is 7.26. The molecule has 2 aromatic heterocycles. The summed E-state index contributed by atoms with van der Waals surface area (Å²) in [5.41, 5.74) is 23.7. The number of thiophene rings is 2. The van der Waals surface area contributed by atoms with Gasteiger partial charge in [0.15, 0.2) is 0 Å². The molecule has 418 valence electrons. The number of nitrogens with zero attached hydrogens (tertiary/aromatic N) is 3. The second-order valence-corrected chi connectivity index (χ2v) is 31.6. The number of rotatable bonds is 4. The van der Waals surface area contributed by atoms with Crippen molar-refractivity contribution in [2.75, 3.05) is 14.7 Å². The molecule has 0 amide bonds. The molecule has 9 aromatic carbocycles. The van der Waals surface area contributed by atoms with Crippen molar-refractivity contribution in [3.8, 4) is 11.1 Å². The molecule has 2 unspecified atom stereocenters. The SMILES string of the molecule is CC(C)(C)c1ccc(N2c3cc4c(cc3B3c5cc6c(cc5N(c5cccc7sc8ccccc8c57)c5cc(N7c8ccc(C(C)(C)C)cc8C8(C)CCCCC78C)cc2c53)C(C)(C)CCC6(C)C)sc2ccccc24)c(-c2ccccc2)c1. The monoisotopic (exact) mass is 1130 g/mol. The summed E-state index contributed by atoms with van der Waals surface area (Å²) in [5.74, 6) is 0. The summed E-state index contributed by atoms with van der Waals surface area (Å²) in [7, 11) is 0. The Morgan fingerprint density at radius 2 is 0.988 bits per heavy atom. The Kier molecular flexibility index (Phi) is 11.1. The zero-order chi connectivity index (χ0) is 57.8. The second kappa shape index (κ2) is 17.7. The van der Waals surface area contributed by atoms with E-state index in [2.05, 4.69) is 268 Å². The van der Waals surface area contributed by atoms with Crippen LogP contribution in [0.5, 0.6) is 0 Å². The van der Waals surface area contributed by atoms with Crippen LogP contribution >= 0.6 is 22.7 Å². The standard InChI is InChI=1S/C78H76BN3S2/c1-73(2,3)48-31-33-60(53(39-48)47-23-14-13-15-24-47)80-63-43-54-51-25-16-18-28-67(51)84-70(54)46-59(63)79-58-44-55-56(76(9,10)38-37-75(55,7)8)45-64(58)81(62-27-22-30-69-71(62)52-26-17-19-29-68(52)83-69)66-42-50(41-65(80)72(66)79)82-61-34-32-49(74(4,5)6)40-57(61)77(11)35-20-21-36-78(77,82)12/h13-19,22-34,39-46H,20-21,35-38H2,1-12H3. The number of hydrogen-bond donors (Lipinski definition) is 0. The highest BCUT2D eigenvalue weighted by Gasteiger charge is 2.58. The van der Waals surface area contributed by atoms with Crippen molar-refractivity contribution in [2.45, 2.75) is 154 Å². The Balaban J connectivity index is 1.10. The Morgan fingerprint density at radius 1 is 0.417 bits per heavy atom. The summed E-state index contributed by atoms with van der Waals surface area (Å²) in [6.45, 7) is 29.5. The molecule has 1 saturated carbocycles. The molecule has 0 bridgehead atoms. The van der Waals surface area contributed by atoms with Crippen LogP contribution in [0.15, 0.2) is 170 Å². The lowest BCUT2D eigenvalue weighted by Crippen LogP contribution is -2.62. The smallest absolute Gasteiger partial charge is 0.252 e. The summed E-state index contributed by atoms with van der Waals surface area (Å²) in [5, 5.41) is 5.29. The molecule has 0 N–H and O–H groups in total. The van der Waals surface area contributed by atoms with E-state index in [1.165, 1.54) is 154 Å². The summed E-state index contributed by atoms with van der Waals surface area (Å²) in [6, 6.07) is 67.7. The van der Waals surface area contributed by atoms with Gasteiger partial charge < -0.3 is 14.7 Å². The second-order valence-electron chi connectivity index (χ2n) is 29.5. The highest BCUT2D eigenvalue weighted by Crippen LogP contribution is 2.63. The predicted octanol–water partition coefficient (Wildman–Crippen LogP) is 20.9. The first-order chi connectivity index (χ1) is 40.1. The van der Waals surface area contributed by atoms with Crippen LogP contribution in [0.2, 0.25) is 0 Å². The van der Waals surface area contributed by atoms with Crippen molar-refractivity contribution in [1.29, 1.82) is 0 Å². The number of fused-ring (bicyclic) bond motifs is 14. The lowest BCUT2D eigenvalue weighted by atomic mass is 9.33. The van der Waals surface area contributed by atoms with Gasteiger partial charge in [0.25, 0.3) is 6.71 Å². The largest absolute Gasteiger partial charge is 0.334 e. The van der Waals surface area contributed by atoms with Gasteiger partial charge in [-0.2, -0.15) is 0 Å². The van der Waals surface area contributed by atoms with Crippen LogP contribution in [0.3, 0.4) is 0 Å². The lowest BCUT2D eigenvalue weighted by molar-refractivity contribution is 0.195. The average Bonchev–Trinajstić information content (AvgIpc) is 2.88. The summed E-state index contributed by atoms with van der Waals surface area (Å²) in [6.07, 6.45) is 7.01. The molecule has 11 aromatic rings. The minimum Gasteiger partial charge on any atom is -0.334 e. The zero-order valence-corrected chi connectivity index (χ0v) is 52.8. The minimum absolute atomic E-state index is 0.00229. The number of hydrogen-bond acceptors (Lipinski definition) is 5. The zero-order valence-electron chi connectivity index (χ0n) is 51.1. The van der Waals surface area contributed by atoms with Crippen molar-refractivity contribution in [2.24, 2.45) is 0 Å². The van der Waals surface area contributed by atoms with Crippen LogP contribution in [0.25, 0.3) is 51.5 Å². The van der Waals surface area contributed by atoms with Crippen LogP contribution in [0.1, 0.15) is 149 Å². The normalized spacial score (nSPS) is 20.3. The number of anilines is 8. The molecule has 3 aliphatic heterocycles. The van der Waals surface area contributed by atoms with Crippen LogP contribution < -0.4 is 31.1 Å². The lowest BCUT2D eigenvalue weighted by Gasteiger charge is -2.51. The van der Waals surface area contributed by atoms with Gasteiger partial charge in [0, 0.05) is 85.4 Å². The van der Waals surface area contributed by atoms with E-state index < -0.39 is 0 Å². The molecule has 1 fully saturated rings. The molecule has 5 heterocycles. The summed E-state index contributed by atoms with van der Waals surface area (Å²) < 4.78 is 5.32. The first-order valence-electron chi connectivity index (χ1n) is 31.1. The van der Waals surface area contributed by atoms with E-state index in [-0.39, 0.29) is 39.3 Å². The minimum atomic E-state index is -0.192. The van der Waals surface area contributed by atoms with E-state index in [0.717, 1.165) is 25.7 Å². The van der Waals surface area contributed by atoms with Gasteiger partial charge in [0.1, 0.15) is 0 Å². The van der Waals surface area contributed by atoms with Gasteiger partial charge >= 0.3 is 0 Å². The predicted molar refractivity (Wildman–Crippen MR) is 367 cm³/mol. The van der Waals surface area contributed by atoms with Crippen molar-refractivity contribution in [1.82, 2.24) is 0 Å². The number of benzene rings is 9. The van der Waals surface area contributed by atoms with E-state index in [9.17, 15) is 0 Å². The van der Waals surface area contributed by atoms with E-state index in [0.29, 0.717) is 0 Å². The highest BCUT2D eigenvalue weighted by atomic mass is 32.1.